The highest BCUT2D eigenvalue weighted by atomic mass is 15.2. The third-order valence-electron chi connectivity index (χ3n) is 13.7. The maximum absolute atomic E-state index is 2.67. The molecule has 0 N–H and O–H groups in total. The molecule has 0 amide bonds. The van der Waals surface area contributed by atoms with E-state index in [0.717, 1.165) is 6.42 Å². The van der Waals surface area contributed by atoms with Crippen molar-refractivity contribution in [1.82, 2.24) is 0 Å². The molecule has 2 aliphatic carbocycles. The molecule has 298 valence electrons. The van der Waals surface area contributed by atoms with Gasteiger partial charge >= 0.3 is 0 Å². The molecule has 0 aliphatic heterocycles. The molecule has 0 saturated carbocycles. The molecule has 0 fully saturated rings. The summed E-state index contributed by atoms with van der Waals surface area (Å²) in [7, 11) is 0. The van der Waals surface area contributed by atoms with Gasteiger partial charge in [-0.3, -0.25) is 0 Å². The topological polar surface area (TPSA) is 6.48 Å². The highest BCUT2D eigenvalue weighted by Crippen LogP contribution is 2.56. The SMILES string of the molecule is CC1(C)c2cc(CC(C)(C)N(c3cccc4c3-c3ccccc3C4(C)C)c3cccc4ccccc34)ccc2-c2c(N(c3ccc4ccccc4c3)C(C)(C)C)cccc21. The molecule has 0 atom stereocenters. The third kappa shape index (κ3) is 5.82. The van der Waals surface area contributed by atoms with Gasteiger partial charge in [0.2, 0.25) is 0 Å². The van der Waals surface area contributed by atoms with E-state index in [1.807, 2.05) is 0 Å². The molecule has 2 aliphatic rings. The fraction of sp³-hybridized carbons (Fsp3) is 0.241. The summed E-state index contributed by atoms with van der Waals surface area (Å²) in [4.78, 5) is 5.22. The first kappa shape index (κ1) is 38.1. The number of fused-ring (bicyclic) bond motifs is 8. The van der Waals surface area contributed by atoms with Crippen molar-refractivity contribution in [2.24, 2.45) is 0 Å². The van der Waals surface area contributed by atoms with Crippen LogP contribution in [0.1, 0.15) is 90.1 Å². The van der Waals surface area contributed by atoms with Crippen LogP contribution in [-0.4, -0.2) is 11.1 Å². The molecule has 10 rings (SSSR count). The van der Waals surface area contributed by atoms with Crippen molar-refractivity contribution < 1.29 is 0 Å². The lowest BCUT2D eigenvalue weighted by atomic mass is 9.80. The zero-order valence-corrected chi connectivity index (χ0v) is 36.7. The molecular formula is C58H56N2. The minimum Gasteiger partial charge on any atom is -0.336 e. The lowest BCUT2D eigenvalue weighted by Crippen LogP contribution is -2.43. The van der Waals surface area contributed by atoms with Gasteiger partial charge in [0, 0.05) is 61.2 Å². The van der Waals surface area contributed by atoms with E-state index >= 15 is 0 Å². The van der Waals surface area contributed by atoms with Gasteiger partial charge in [0.05, 0.1) is 0 Å². The van der Waals surface area contributed by atoms with E-state index in [9.17, 15) is 0 Å². The summed E-state index contributed by atoms with van der Waals surface area (Å²) in [5, 5.41) is 5.05. The second-order valence-corrected chi connectivity index (χ2v) is 19.9. The Labute approximate surface area is 357 Å². The number of rotatable bonds is 7. The van der Waals surface area contributed by atoms with Crippen LogP contribution in [0.25, 0.3) is 43.8 Å². The zero-order valence-electron chi connectivity index (χ0n) is 36.7. The number of hydrogen-bond acceptors (Lipinski definition) is 2. The third-order valence-corrected chi connectivity index (χ3v) is 13.7. The van der Waals surface area contributed by atoms with Crippen LogP contribution in [-0.2, 0) is 17.3 Å². The Morgan fingerprint density at radius 3 is 1.67 bits per heavy atom. The summed E-state index contributed by atoms with van der Waals surface area (Å²) >= 11 is 0. The normalized spacial score (nSPS) is 14.8. The smallest absolute Gasteiger partial charge is 0.0499 e. The van der Waals surface area contributed by atoms with Gasteiger partial charge in [0.15, 0.2) is 0 Å². The summed E-state index contributed by atoms with van der Waals surface area (Å²) in [5.41, 5.74) is 16.6. The monoisotopic (exact) mass is 780 g/mol. The molecule has 2 heteroatoms. The Morgan fingerprint density at radius 2 is 0.950 bits per heavy atom. The molecule has 60 heavy (non-hydrogen) atoms. The number of anilines is 4. The van der Waals surface area contributed by atoms with E-state index in [2.05, 4.69) is 236 Å². The Hall–Kier alpha value is -6.12. The fourth-order valence-electron chi connectivity index (χ4n) is 11.0. The van der Waals surface area contributed by atoms with Crippen LogP contribution in [0.2, 0.25) is 0 Å². The summed E-state index contributed by atoms with van der Waals surface area (Å²) in [6.45, 7) is 21.5. The van der Waals surface area contributed by atoms with Crippen molar-refractivity contribution in [3.63, 3.8) is 0 Å². The van der Waals surface area contributed by atoms with Crippen LogP contribution in [0, 0.1) is 0 Å². The van der Waals surface area contributed by atoms with E-state index in [1.54, 1.807) is 0 Å². The van der Waals surface area contributed by atoms with Gasteiger partial charge < -0.3 is 9.80 Å². The second-order valence-electron chi connectivity index (χ2n) is 19.9. The minimum absolute atomic E-state index is 0.0905. The van der Waals surface area contributed by atoms with E-state index < -0.39 is 0 Å². The molecule has 0 bridgehead atoms. The van der Waals surface area contributed by atoms with Gasteiger partial charge in [-0.2, -0.15) is 0 Å². The Bertz CT molecular complexity index is 2990. The van der Waals surface area contributed by atoms with Crippen LogP contribution in [0.5, 0.6) is 0 Å². The number of benzene rings is 8. The lowest BCUT2D eigenvalue weighted by molar-refractivity contribution is 0.502. The molecular weight excluding hydrogens is 725 g/mol. The fourth-order valence-corrected chi connectivity index (χ4v) is 11.0. The van der Waals surface area contributed by atoms with E-state index in [0.29, 0.717) is 0 Å². The Balaban J connectivity index is 1.11. The predicted octanol–water partition coefficient (Wildman–Crippen LogP) is 15.7. The van der Waals surface area contributed by atoms with E-state index in [1.165, 1.54) is 94.4 Å². The van der Waals surface area contributed by atoms with Crippen LogP contribution in [0.4, 0.5) is 22.7 Å². The van der Waals surface area contributed by atoms with E-state index in [4.69, 9.17) is 0 Å². The number of hydrogen-bond donors (Lipinski definition) is 0. The molecule has 0 spiro atoms. The molecule has 2 nitrogen and oxygen atoms in total. The summed E-state index contributed by atoms with van der Waals surface area (Å²) in [6, 6.07) is 61.7. The molecule has 0 unspecified atom stereocenters. The lowest BCUT2D eigenvalue weighted by Gasteiger charge is -2.43. The molecule has 0 radical (unpaired) electrons. The first-order valence-electron chi connectivity index (χ1n) is 21.7. The largest absolute Gasteiger partial charge is 0.336 e. The average Bonchev–Trinajstić information content (AvgIpc) is 3.60. The summed E-state index contributed by atoms with van der Waals surface area (Å²) in [5.74, 6) is 0. The van der Waals surface area contributed by atoms with Crippen LogP contribution in [0.15, 0.2) is 164 Å². The Morgan fingerprint density at radius 1 is 0.417 bits per heavy atom. The van der Waals surface area contributed by atoms with Crippen molar-refractivity contribution in [3.05, 3.63) is 192 Å². The van der Waals surface area contributed by atoms with Crippen LogP contribution in [0.3, 0.4) is 0 Å². The maximum atomic E-state index is 2.67. The first-order chi connectivity index (χ1) is 28.7. The van der Waals surface area contributed by atoms with Gasteiger partial charge in [-0.15, -0.1) is 0 Å². The average molecular weight is 781 g/mol. The maximum Gasteiger partial charge on any atom is 0.0499 e. The highest BCUT2D eigenvalue weighted by molar-refractivity contribution is 6.00. The van der Waals surface area contributed by atoms with Gasteiger partial charge in [-0.25, -0.2) is 0 Å². The van der Waals surface area contributed by atoms with Crippen molar-refractivity contribution >= 4 is 44.3 Å². The molecule has 0 aromatic heterocycles. The van der Waals surface area contributed by atoms with Crippen LogP contribution >= 0.6 is 0 Å². The van der Waals surface area contributed by atoms with Gasteiger partial charge in [-0.05, 0) is 126 Å². The van der Waals surface area contributed by atoms with Crippen molar-refractivity contribution in [2.75, 3.05) is 9.80 Å². The van der Waals surface area contributed by atoms with Gasteiger partial charge in [0.25, 0.3) is 0 Å². The first-order valence-corrected chi connectivity index (χ1v) is 21.7. The Kier molecular flexibility index (Phi) is 8.54. The molecule has 0 saturated heterocycles. The van der Waals surface area contributed by atoms with Gasteiger partial charge in [-0.1, -0.05) is 161 Å². The summed E-state index contributed by atoms with van der Waals surface area (Å²) < 4.78 is 0. The molecule has 8 aromatic rings. The van der Waals surface area contributed by atoms with Crippen LogP contribution < -0.4 is 9.80 Å². The molecule has 0 heterocycles. The predicted molar refractivity (Wildman–Crippen MR) is 258 cm³/mol. The van der Waals surface area contributed by atoms with E-state index in [-0.39, 0.29) is 21.9 Å². The zero-order chi connectivity index (χ0) is 41.8. The number of nitrogens with zero attached hydrogens (tertiary/aromatic N) is 2. The van der Waals surface area contributed by atoms with Crippen molar-refractivity contribution in [1.29, 1.82) is 0 Å². The quantitative estimate of drug-likeness (QED) is 0.159. The molecule has 8 aromatic carbocycles. The van der Waals surface area contributed by atoms with Gasteiger partial charge in [0.1, 0.15) is 0 Å². The summed E-state index contributed by atoms with van der Waals surface area (Å²) in [6.07, 6.45) is 0.864. The standard InChI is InChI=1S/C58H56N2/c1-55(2,3)59(42-33-32-39-19-10-11-21-41(39)36-42)51-29-17-27-48-54(51)45-34-31-38(35-49(45)58(48,8)9)37-56(4,5)60(50-28-16-22-40-20-12-13-23-43(40)50)52-30-18-26-47-53(52)44-24-14-15-25-46(44)57(47,6)7/h10-36H,37H2,1-9H3. The van der Waals surface area contributed by atoms with Crippen molar-refractivity contribution in [2.45, 2.75) is 90.6 Å². The highest BCUT2D eigenvalue weighted by Gasteiger charge is 2.42. The van der Waals surface area contributed by atoms with Crippen molar-refractivity contribution in [3.8, 4) is 22.3 Å². The second kappa shape index (κ2) is 13.4. The minimum atomic E-state index is -0.310.